The monoisotopic (exact) mass is 266 g/mol. The summed E-state index contributed by atoms with van der Waals surface area (Å²) >= 11 is 0. The van der Waals surface area contributed by atoms with Crippen molar-refractivity contribution in [1.82, 2.24) is 5.32 Å². The van der Waals surface area contributed by atoms with Crippen LogP contribution in [0, 0.1) is 5.82 Å². The Morgan fingerprint density at radius 2 is 2.05 bits per heavy atom. The number of nitrogens with zero attached hydrogens (tertiary/aromatic N) is 1. The van der Waals surface area contributed by atoms with Crippen molar-refractivity contribution >= 4 is 5.69 Å². The molecule has 1 atom stereocenters. The maximum absolute atomic E-state index is 12.9. The van der Waals surface area contributed by atoms with Crippen LogP contribution >= 0.6 is 0 Å². The van der Waals surface area contributed by atoms with Crippen molar-refractivity contribution in [3.8, 4) is 0 Å². The van der Waals surface area contributed by atoms with E-state index in [1.165, 1.54) is 25.0 Å². The minimum absolute atomic E-state index is 0.169. The van der Waals surface area contributed by atoms with Crippen LogP contribution in [0.3, 0.4) is 0 Å². The van der Waals surface area contributed by atoms with Gasteiger partial charge in [0.2, 0.25) is 0 Å². The molecule has 0 aliphatic heterocycles. The van der Waals surface area contributed by atoms with Crippen LogP contribution in [0.1, 0.15) is 26.2 Å². The fraction of sp³-hybridized carbons (Fsp3) is 0.600. The van der Waals surface area contributed by atoms with E-state index in [-0.39, 0.29) is 18.5 Å². The zero-order chi connectivity index (χ0) is 13.7. The van der Waals surface area contributed by atoms with Gasteiger partial charge in [0.25, 0.3) is 0 Å². The van der Waals surface area contributed by atoms with E-state index in [4.69, 9.17) is 0 Å². The standard InChI is InChI=1S/C15H23FN2O/c1-2-18(15-7-3-12(16)4-8-15)10-9-14(11-19)17-13-5-6-13/h3-4,7-8,13-14,17,19H,2,5-6,9-11H2,1H3. The largest absolute Gasteiger partial charge is 0.395 e. The predicted octanol–water partition coefficient (Wildman–Crippen LogP) is 2.15. The highest BCUT2D eigenvalue weighted by Crippen LogP contribution is 2.20. The molecule has 106 valence electrons. The number of nitrogens with one attached hydrogen (secondary N) is 1. The van der Waals surface area contributed by atoms with Gasteiger partial charge in [-0.2, -0.15) is 0 Å². The number of benzene rings is 1. The van der Waals surface area contributed by atoms with Crippen molar-refractivity contribution in [2.75, 3.05) is 24.6 Å². The summed E-state index contributed by atoms with van der Waals surface area (Å²) in [7, 11) is 0. The molecule has 4 heteroatoms. The second-order valence-electron chi connectivity index (χ2n) is 5.17. The first-order valence-electron chi connectivity index (χ1n) is 7.10. The van der Waals surface area contributed by atoms with Crippen molar-refractivity contribution in [2.24, 2.45) is 0 Å². The van der Waals surface area contributed by atoms with Gasteiger partial charge in [0.05, 0.1) is 6.61 Å². The summed E-state index contributed by atoms with van der Waals surface area (Å²) in [6.45, 7) is 4.02. The lowest BCUT2D eigenvalue weighted by molar-refractivity contribution is 0.235. The fourth-order valence-electron chi connectivity index (χ4n) is 2.24. The molecule has 1 unspecified atom stereocenters. The third-order valence-electron chi connectivity index (χ3n) is 3.59. The normalized spacial score (nSPS) is 16.4. The molecule has 1 aliphatic rings. The van der Waals surface area contributed by atoms with Gasteiger partial charge in [-0.05, 0) is 50.5 Å². The van der Waals surface area contributed by atoms with E-state index in [1.54, 1.807) is 12.1 Å². The van der Waals surface area contributed by atoms with Crippen molar-refractivity contribution in [1.29, 1.82) is 0 Å². The Bertz CT molecular complexity index is 378. The molecule has 1 fully saturated rings. The Morgan fingerprint density at radius 3 is 2.58 bits per heavy atom. The van der Waals surface area contributed by atoms with Crippen molar-refractivity contribution in [3.05, 3.63) is 30.1 Å². The molecule has 0 bridgehead atoms. The molecule has 1 aromatic carbocycles. The summed E-state index contributed by atoms with van der Waals surface area (Å²) in [6.07, 6.45) is 3.36. The molecule has 3 nitrogen and oxygen atoms in total. The fourth-order valence-corrected chi connectivity index (χ4v) is 2.24. The predicted molar refractivity (Wildman–Crippen MR) is 75.9 cm³/mol. The van der Waals surface area contributed by atoms with Gasteiger partial charge >= 0.3 is 0 Å². The number of aliphatic hydroxyl groups is 1. The Balaban J connectivity index is 1.85. The molecule has 0 saturated heterocycles. The molecule has 1 aliphatic carbocycles. The van der Waals surface area contributed by atoms with Gasteiger partial charge in [0.1, 0.15) is 5.82 Å². The van der Waals surface area contributed by atoms with Gasteiger partial charge in [-0.15, -0.1) is 0 Å². The maximum atomic E-state index is 12.9. The summed E-state index contributed by atoms with van der Waals surface area (Å²) in [5.74, 6) is -0.205. The van der Waals surface area contributed by atoms with Crippen LogP contribution < -0.4 is 10.2 Å². The van der Waals surface area contributed by atoms with Crippen LogP contribution in [-0.2, 0) is 0 Å². The van der Waals surface area contributed by atoms with Gasteiger partial charge in [-0.25, -0.2) is 4.39 Å². The minimum atomic E-state index is -0.205. The second kappa shape index (κ2) is 6.87. The smallest absolute Gasteiger partial charge is 0.123 e. The molecule has 0 radical (unpaired) electrons. The number of rotatable bonds is 8. The van der Waals surface area contributed by atoms with Crippen LogP contribution in [0.5, 0.6) is 0 Å². The van der Waals surface area contributed by atoms with Gasteiger partial charge in [0.15, 0.2) is 0 Å². The molecule has 0 heterocycles. The topological polar surface area (TPSA) is 35.5 Å². The lowest BCUT2D eigenvalue weighted by Gasteiger charge is -2.26. The zero-order valence-corrected chi connectivity index (χ0v) is 11.5. The third kappa shape index (κ3) is 4.48. The van der Waals surface area contributed by atoms with Crippen molar-refractivity contribution < 1.29 is 9.50 Å². The molecule has 0 aromatic heterocycles. The van der Waals surface area contributed by atoms with Crippen LogP contribution in [0.2, 0.25) is 0 Å². The third-order valence-corrected chi connectivity index (χ3v) is 3.59. The van der Waals surface area contributed by atoms with E-state index in [0.717, 1.165) is 25.2 Å². The highest BCUT2D eigenvalue weighted by molar-refractivity contribution is 5.46. The first-order chi connectivity index (χ1) is 9.22. The van der Waals surface area contributed by atoms with Crippen molar-refractivity contribution in [3.63, 3.8) is 0 Å². The summed E-state index contributed by atoms with van der Waals surface area (Å²) in [5, 5.41) is 12.8. The van der Waals surface area contributed by atoms with Gasteiger partial charge in [0, 0.05) is 30.9 Å². The van der Waals surface area contributed by atoms with Crippen LogP contribution in [0.15, 0.2) is 24.3 Å². The lowest BCUT2D eigenvalue weighted by Crippen LogP contribution is -2.38. The molecule has 2 N–H and O–H groups in total. The Labute approximate surface area is 114 Å². The van der Waals surface area contributed by atoms with Crippen LogP contribution in [-0.4, -0.2) is 36.9 Å². The molecule has 19 heavy (non-hydrogen) atoms. The number of hydrogen-bond donors (Lipinski definition) is 2. The summed E-state index contributed by atoms with van der Waals surface area (Å²) in [6, 6.07) is 7.37. The first kappa shape index (κ1) is 14.3. The van der Waals surface area contributed by atoms with Gasteiger partial charge in [-0.1, -0.05) is 0 Å². The number of anilines is 1. The Morgan fingerprint density at radius 1 is 1.37 bits per heavy atom. The number of aliphatic hydroxyl groups excluding tert-OH is 1. The first-order valence-corrected chi connectivity index (χ1v) is 7.10. The summed E-state index contributed by atoms with van der Waals surface area (Å²) in [4.78, 5) is 2.21. The van der Waals surface area contributed by atoms with Crippen LogP contribution in [0.25, 0.3) is 0 Å². The highest BCUT2D eigenvalue weighted by atomic mass is 19.1. The van der Waals surface area contributed by atoms with Gasteiger partial charge < -0.3 is 15.3 Å². The van der Waals surface area contributed by atoms with E-state index >= 15 is 0 Å². The maximum Gasteiger partial charge on any atom is 0.123 e. The van der Waals surface area contributed by atoms with E-state index in [2.05, 4.69) is 17.1 Å². The second-order valence-corrected chi connectivity index (χ2v) is 5.17. The molecule has 1 saturated carbocycles. The Kier molecular flexibility index (Phi) is 5.16. The van der Waals surface area contributed by atoms with E-state index in [1.807, 2.05) is 0 Å². The SMILES string of the molecule is CCN(CCC(CO)NC1CC1)c1ccc(F)cc1. The van der Waals surface area contributed by atoms with Crippen LogP contribution in [0.4, 0.5) is 10.1 Å². The number of halogens is 1. The molecular formula is C15H23FN2O. The number of hydrogen-bond acceptors (Lipinski definition) is 3. The average molecular weight is 266 g/mol. The molecule has 0 spiro atoms. The van der Waals surface area contributed by atoms with E-state index in [0.29, 0.717) is 6.04 Å². The van der Waals surface area contributed by atoms with E-state index < -0.39 is 0 Å². The molecule has 2 rings (SSSR count). The lowest BCUT2D eigenvalue weighted by atomic mass is 10.2. The van der Waals surface area contributed by atoms with Gasteiger partial charge in [-0.3, -0.25) is 0 Å². The summed E-state index contributed by atoms with van der Waals surface area (Å²) < 4.78 is 12.9. The average Bonchev–Trinajstić information content (AvgIpc) is 3.24. The van der Waals surface area contributed by atoms with Crippen molar-refractivity contribution in [2.45, 2.75) is 38.3 Å². The molecule has 0 amide bonds. The summed E-state index contributed by atoms with van der Waals surface area (Å²) in [5.41, 5.74) is 1.03. The molecule has 1 aromatic rings. The quantitative estimate of drug-likeness (QED) is 0.757. The highest BCUT2D eigenvalue weighted by Gasteiger charge is 2.24. The zero-order valence-electron chi connectivity index (χ0n) is 11.5. The Hall–Kier alpha value is -1.13. The van der Waals surface area contributed by atoms with E-state index in [9.17, 15) is 9.50 Å². The minimum Gasteiger partial charge on any atom is -0.395 e. The molecular weight excluding hydrogens is 243 g/mol.